The number of thiocarbonyl (C=S) groups is 1. The number of benzene rings is 1. The number of thioether (sulfide) groups is 1. The number of anilines is 1. The molecule has 7 nitrogen and oxygen atoms in total. The third kappa shape index (κ3) is 6.85. The van der Waals surface area contributed by atoms with Gasteiger partial charge in [0.1, 0.15) is 16.5 Å². The molecule has 0 radical (unpaired) electrons. The topological polar surface area (TPSA) is 54.0 Å². The van der Waals surface area contributed by atoms with Crippen molar-refractivity contribution in [2.45, 2.75) is 31.4 Å². The molecule has 2 fully saturated rings. The van der Waals surface area contributed by atoms with Gasteiger partial charge in [-0.05, 0) is 60.8 Å². The van der Waals surface area contributed by atoms with Crippen molar-refractivity contribution in [2.24, 2.45) is 0 Å². The maximum atomic E-state index is 6.15. The predicted octanol–water partition coefficient (Wildman–Crippen LogP) is 5.30. The average molecular weight is 558 g/mol. The molecule has 0 spiro atoms. The summed E-state index contributed by atoms with van der Waals surface area (Å²) in [7, 11) is 1.69. The molecule has 5 rings (SSSR count). The lowest BCUT2D eigenvalue weighted by atomic mass is 10.1. The van der Waals surface area contributed by atoms with Gasteiger partial charge in [-0.1, -0.05) is 30.4 Å². The molecule has 0 unspecified atom stereocenters. The maximum Gasteiger partial charge on any atom is 0.163 e. The molecule has 0 amide bonds. The lowest BCUT2D eigenvalue weighted by Gasteiger charge is -2.36. The van der Waals surface area contributed by atoms with E-state index >= 15 is 0 Å². The van der Waals surface area contributed by atoms with Crippen molar-refractivity contribution in [3.8, 4) is 11.5 Å². The molecular formula is C27H35N5O2S3. The quantitative estimate of drug-likeness (QED) is 0.258. The minimum Gasteiger partial charge on any atom is -0.493 e. The van der Waals surface area contributed by atoms with Crippen LogP contribution in [0, 0.1) is 0 Å². The zero-order valence-corrected chi connectivity index (χ0v) is 23.9. The molecule has 0 saturated carbocycles. The molecule has 0 bridgehead atoms. The maximum absolute atomic E-state index is 6.15. The zero-order chi connectivity index (χ0) is 25.5. The first-order chi connectivity index (χ1) is 18.2. The van der Waals surface area contributed by atoms with Crippen LogP contribution in [0.1, 0.15) is 31.2 Å². The Kier molecular flexibility index (Phi) is 9.36. The van der Waals surface area contributed by atoms with Gasteiger partial charge in [-0.2, -0.15) is 11.3 Å². The molecule has 10 heteroatoms. The summed E-state index contributed by atoms with van der Waals surface area (Å²) < 4.78 is 12.8. The van der Waals surface area contributed by atoms with Gasteiger partial charge >= 0.3 is 0 Å². The average Bonchev–Trinajstić information content (AvgIpc) is 3.48. The Bertz CT molecular complexity index is 1160. The van der Waals surface area contributed by atoms with E-state index in [1.807, 2.05) is 12.1 Å². The van der Waals surface area contributed by atoms with Gasteiger partial charge in [0.2, 0.25) is 0 Å². The fourth-order valence-electron chi connectivity index (χ4n) is 4.94. The number of methoxy groups -OCH3 is 1. The van der Waals surface area contributed by atoms with E-state index in [1.165, 1.54) is 37.9 Å². The molecule has 0 aliphatic carbocycles. The van der Waals surface area contributed by atoms with E-state index in [2.05, 4.69) is 41.5 Å². The van der Waals surface area contributed by atoms with Crippen LogP contribution in [0.4, 0.5) is 5.82 Å². The number of fused-ring (bicyclic) bond motifs is 1. The van der Waals surface area contributed by atoms with E-state index in [1.54, 1.807) is 36.5 Å². The van der Waals surface area contributed by atoms with Crippen LogP contribution in [-0.4, -0.2) is 83.6 Å². The first kappa shape index (κ1) is 26.5. The van der Waals surface area contributed by atoms with E-state index in [4.69, 9.17) is 21.7 Å². The second kappa shape index (κ2) is 13.1. The minimum atomic E-state index is 0.669. The smallest absolute Gasteiger partial charge is 0.163 e. The normalized spacial score (nSPS) is 16.8. The Morgan fingerprint density at radius 1 is 1.05 bits per heavy atom. The second-order valence-electron chi connectivity index (χ2n) is 9.48. The van der Waals surface area contributed by atoms with E-state index in [9.17, 15) is 0 Å². The van der Waals surface area contributed by atoms with Crippen LogP contribution < -0.4 is 14.4 Å². The molecule has 0 N–H and O–H groups in total. The monoisotopic (exact) mass is 557 g/mol. The SMILES string of the molecule is COc1cc2c(N3CCN(C(=S)SCc4ccsc4)CC3)ncnc2cc1OCCCN1CCCCC1. The first-order valence-corrected chi connectivity index (χ1v) is 15.4. The van der Waals surface area contributed by atoms with Gasteiger partial charge in [-0.15, -0.1) is 0 Å². The summed E-state index contributed by atoms with van der Waals surface area (Å²) in [5.41, 5.74) is 2.21. The third-order valence-electron chi connectivity index (χ3n) is 7.00. The van der Waals surface area contributed by atoms with Crippen LogP contribution >= 0.6 is 35.3 Å². The number of nitrogens with zero attached hydrogens (tertiary/aromatic N) is 5. The van der Waals surface area contributed by atoms with Crippen molar-refractivity contribution in [1.82, 2.24) is 19.8 Å². The number of ether oxygens (including phenoxy) is 2. The van der Waals surface area contributed by atoms with E-state index < -0.39 is 0 Å². The molecule has 1 aromatic carbocycles. The van der Waals surface area contributed by atoms with Crippen molar-refractivity contribution >= 4 is 56.4 Å². The van der Waals surface area contributed by atoms with Crippen LogP contribution in [0.3, 0.4) is 0 Å². The number of rotatable bonds is 9. The van der Waals surface area contributed by atoms with E-state index in [-0.39, 0.29) is 0 Å². The Balaban J connectivity index is 1.19. The van der Waals surface area contributed by atoms with Gasteiger partial charge < -0.3 is 24.2 Å². The van der Waals surface area contributed by atoms with Gasteiger partial charge in [-0.25, -0.2) is 9.97 Å². The summed E-state index contributed by atoms with van der Waals surface area (Å²) in [4.78, 5) is 16.4. The largest absolute Gasteiger partial charge is 0.493 e. The fraction of sp³-hybridized carbons (Fsp3) is 0.519. The van der Waals surface area contributed by atoms with Gasteiger partial charge in [0.15, 0.2) is 11.5 Å². The number of aromatic nitrogens is 2. The molecular weight excluding hydrogens is 523 g/mol. The predicted molar refractivity (Wildman–Crippen MR) is 158 cm³/mol. The number of piperazine rings is 1. The Morgan fingerprint density at radius 2 is 1.89 bits per heavy atom. The first-order valence-electron chi connectivity index (χ1n) is 13.1. The molecule has 4 heterocycles. The molecule has 3 aromatic rings. The molecule has 2 aliphatic heterocycles. The van der Waals surface area contributed by atoms with Crippen molar-refractivity contribution in [1.29, 1.82) is 0 Å². The highest BCUT2D eigenvalue weighted by molar-refractivity contribution is 8.22. The van der Waals surface area contributed by atoms with Gasteiger partial charge in [0.05, 0.1) is 19.2 Å². The summed E-state index contributed by atoms with van der Waals surface area (Å²) >= 11 is 9.20. The highest BCUT2D eigenvalue weighted by Crippen LogP contribution is 2.35. The Hall–Kier alpha value is -2.14. The number of hydrogen-bond acceptors (Lipinski definition) is 9. The molecule has 2 saturated heterocycles. The highest BCUT2D eigenvalue weighted by Gasteiger charge is 2.23. The van der Waals surface area contributed by atoms with Gasteiger partial charge in [0, 0.05) is 49.9 Å². The Labute approximate surface area is 233 Å². The number of hydrogen-bond donors (Lipinski definition) is 0. The summed E-state index contributed by atoms with van der Waals surface area (Å²) in [6, 6.07) is 6.18. The third-order valence-corrected chi connectivity index (χ3v) is 9.33. The Morgan fingerprint density at radius 3 is 2.65 bits per heavy atom. The molecule has 2 aliphatic rings. The lowest BCUT2D eigenvalue weighted by molar-refractivity contribution is 0.203. The van der Waals surface area contributed by atoms with Crippen molar-refractivity contribution < 1.29 is 9.47 Å². The van der Waals surface area contributed by atoms with Crippen LogP contribution in [0.15, 0.2) is 35.3 Å². The summed E-state index contributed by atoms with van der Waals surface area (Å²) in [5.74, 6) is 3.35. The van der Waals surface area contributed by atoms with Crippen molar-refractivity contribution in [2.75, 3.05) is 64.4 Å². The van der Waals surface area contributed by atoms with Crippen molar-refractivity contribution in [3.05, 3.63) is 40.8 Å². The fourth-order valence-corrected chi connectivity index (χ4v) is 6.91. The van der Waals surface area contributed by atoms with Crippen LogP contribution in [0.5, 0.6) is 11.5 Å². The molecule has 37 heavy (non-hydrogen) atoms. The minimum absolute atomic E-state index is 0.669. The van der Waals surface area contributed by atoms with Crippen LogP contribution in [0.2, 0.25) is 0 Å². The van der Waals surface area contributed by atoms with Gasteiger partial charge in [-0.3, -0.25) is 0 Å². The standard InChI is InChI=1S/C27H35N5O2S3/c1-33-24-16-22-23(17-25(24)34-14-5-9-30-7-3-2-4-8-30)28-20-29-26(22)31-10-12-32(13-11-31)27(35)37-19-21-6-15-36-18-21/h6,15-18,20H,2-5,7-14,19H2,1H3. The number of thiophene rings is 1. The van der Waals surface area contributed by atoms with E-state index in [0.717, 1.165) is 77.4 Å². The van der Waals surface area contributed by atoms with E-state index in [0.29, 0.717) is 6.61 Å². The summed E-state index contributed by atoms with van der Waals surface area (Å²) in [6.45, 7) is 7.68. The highest BCUT2D eigenvalue weighted by atomic mass is 32.2. The summed E-state index contributed by atoms with van der Waals surface area (Å²) in [6.07, 6.45) is 6.66. The molecule has 0 atom stereocenters. The zero-order valence-electron chi connectivity index (χ0n) is 21.4. The van der Waals surface area contributed by atoms with Crippen molar-refractivity contribution in [3.63, 3.8) is 0 Å². The lowest BCUT2D eigenvalue weighted by Crippen LogP contribution is -2.48. The second-order valence-corrected chi connectivity index (χ2v) is 11.9. The molecule has 2 aromatic heterocycles. The van der Waals surface area contributed by atoms with Gasteiger partial charge in [0.25, 0.3) is 0 Å². The number of piperidine rings is 1. The number of likely N-dealkylation sites (tertiary alicyclic amines) is 1. The van der Waals surface area contributed by atoms with Crippen LogP contribution in [-0.2, 0) is 5.75 Å². The van der Waals surface area contributed by atoms with Crippen LogP contribution in [0.25, 0.3) is 10.9 Å². The summed E-state index contributed by atoms with van der Waals surface area (Å²) in [5, 5.41) is 5.29. The molecule has 198 valence electrons.